The molecule has 0 unspecified atom stereocenters. The van der Waals surface area contributed by atoms with Crippen molar-refractivity contribution in [2.24, 2.45) is 0 Å². The van der Waals surface area contributed by atoms with Gasteiger partial charge < -0.3 is 26.2 Å². The normalized spacial score (nSPS) is 11.0. The molecule has 1 rings (SSSR count). The van der Waals surface area contributed by atoms with Crippen molar-refractivity contribution in [1.29, 1.82) is 0 Å². The molecule has 0 fully saturated rings. The van der Waals surface area contributed by atoms with Gasteiger partial charge in [0, 0.05) is 0 Å². The van der Waals surface area contributed by atoms with Gasteiger partial charge in [0.1, 0.15) is 5.75 Å². The third-order valence-electron chi connectivity index (χ3n) is 4.65. The Balaban J connectivity index is 0.00000625. The van der Waals surface area contributed by atoms with E-state index in [0.29, 0.717) is 16.8 Å². The molecule has 0 aliphatic rings. The van der Waals surface area contributed by atoms with Crippen molar-refractivity contribution in [3.05, 3.63) is 30.3 Å². The summed E-state index contributed by atoms with van der Waals surface area (Å²) >= 11 is 0. The van der Waals surface area contributed by atoms with Crippen LogP contribution in [-0.4, -0.2) is 37.6 Å². The van der Waals surface area contributed by atoms with Crippen LogP contribution in [0.1, 0.15) is 71.1 Å². The Morgan fingerprint density at radius 3 is 1.88 bits per heavy atom. The molecule has 0 aliphatic carbocycles. The summed E-state index contributed by atoms with van der Waals surface area (Å²) in [4.78, 5) is 12.1. The Morgan fingerprint density at radius 2 is 1.35 bits per heavy atom. The molecular weight excluding hydrogens is 390 g/mol. The van der Waals surface area contributed by atoms with Crippen molar-refractivity contribution in [3.8, 4) is 5.75 Å². The van der Waals surface area contributed by atoms with E-state index < -0.39 is 0 Å². The molecule has 0 aliphatic heterocycles. The van der Waals surface area contributed by atoms with Gasteiger partial charge in [-0.2, -0.15) is 0 Å². The lowest BCUT2D eigenvalue weighted by Gasteiger charge is -2.28. The topological polar surface area (TPSA) is 26.3 Å². The van der Waals surface area contributed by atoms with Gasteiger partial charge in [-0.25, -0.2) is 4.79 Å². The molecule has 1 aromatic rings. The number of halogens is 1. The molecule has 0 spiro atoms. The van der Waals surface area contributed by atoms with Crippen LogP contribution < -0.4 is 21.7 Å². The molecule has 0 saturated heterocycles. The number of benzene rings is 1. The minimum Gasteiger partial charge on any atom is -1.00 e. The summed E-state index contributed by atoms with van der Waals surface area (Å²) in [6.07, 6.45) is 13.4. The van der Waals surface area contributed by atoms with Crippen LogP contribution in [-0.2, 0) is 4.79 Å². The molecule has 0 N–H and O–H groups in total. The van der Waals surface area contributed by atoms with E-state index in [1.165, 1.54) is 64.2 Å². The van der Waals surface area contributed by atoms with Gasteiger partial charge in [0.15, 0.2) is 6.54 Å². The predicted molar refractivity (Wildman–Crippen MR) is 106 cm³/mol. The number of hydrogen-bond acceptors (Lipinski definition) is 2. The van der Waals surface area contributed by atoms with E-state index in [-0.39, 0.29) is 23.0 Å². The number of quaternary nitrogens is 1. The molecule has 0 heterocycles. The first-order chi connectivity index (χ1) is 12.0. The van der Waals surface area contributed by atoms with Crippen molar-refractivity contribution in [3.63, 3.8) is 0 Å². The molecule has 3 nitrogen and oxygen atoms in total. The van der Waals surface area contributed by atoms with E-state index >= 15 is 0 Å². The van der Waals surface area contributed by atoms with Crippen molar-refractivity contribution < 1.29 is 31.0 Å². The molecule has 0 aromatic heterocycles. The number of unbranched alkanes of at least 4 members (excludes halogenated alkanes) is 9. The van der Waals surface area contributed by atoms with Crippen LogP contribution in [0.15, 0.2) is 30.3 Å². The minimum absolute atomic E-state index is 0. The lowest BCUT2D eigenvalue weighted by atomic mass is 10.1. The lowest BCUT2D eigenvalue weighted by Crippen LogP contribution is -3.00. The number of para-hydroxylation sites is 1. The number of carbonyl (C=O) groups is 1. The number of ether oxygens (including phenoxy) is 1. The fraction of sp³-hybridized carbons (Fsp3) is 0.682. The Kier molecular flexibility index (Phi) is 14.7. The van der Waals surface area contributed by atoms with Gasteiger partial charge in [0.25, 0.3) is 0 Å². The highest BCUT2D eigenvalue weighted by atomic mass is 79.9. The van der Waals surface area contributed by atoms with Crippen LogP contribution in [0, 0.1) is 0 Å². The fourth-order valence-corrected chi connectivity index (χ4v) is 3.11. The smallest absolute Gasteiger partial charge is 0.367 e. The summed E-state index contributed by atoms with van der Waals surface area (Å²) in [5.74, 6) is 0.481. The second-order valence-corrected chi connectivity index (χ2v) is 7.79. The molecule has 0 saturated carbocycles. The minimum atomic E-state index is -0.150. The van der Waals surface area contributed by atoms with Crippen molar-refractivity contribution in [1.82, 2.24) is 0 Å². The SMILES string of the molecule is CCCCCCCCCCCC[N+](C)(C)CC(=O)Oc1ccccc1.[Br-]. The van der Waals surface area contributed by atoms with Crippen molar-refractivity contribution >= 4 is 5.97 Å². The van der Waals surface area contributed by atoms with Crippen LogP contribution in [0.5, 0.6) is 5.75 Å². The van der Waals surface area contributed by atoms with Crippen LogP contribution >= 0.6 is 0 Å². The van der Waals surface area contributed by atoms with Crippen molar-refractivity contribution in [2.45, 2.75) is 71.1 Å². The number of likely N-dealkylation sites (N-methyl/N-ethyl adjacent to an activating group) is 1. The van der Waals surface area contributed by atoms with Gasteiger partial charge >= 0.3 is 5.97 Å². The molecule has 4 heteroatoms. The van der Waals surface area contributed by atoms with Gasteiger partial charge in [-0.05, 0) is 25.0 Å². The highest BCUT2D eigenvalue weighted by Gasteiger charge is 2.21. The van der Waals surface area contributed by atoms with E-state index in [9.17, 15) is 4.79 Å². The standard InChI is InChI=1S/C22H38NO2.BrH/c1-4-5-6-7-8-9-10-11-12-16-19-23(2,3)20-22(24)25-21-17-14-13-15-18-21;/h13-15,17-18H,4-12,16,19-20H2,1-3H3;1H/q+1;/p-1. The van der Waals surface area contributed by atoms with Crippen LogP contribution in [0.25, 0.3) is 0 Å². The van der Waals surface area contributed by atoms with Crippen LogP contribution in [0.3, 0.4) is 0 Å². The highest BCUT2D eigenvalue weighted by Crippen LogP contribution is 2.13. The summed E-state index contributed by atoms with van der Waals surface area (Å²) in [5.41, 5.74) is 0. The molecule has 1 aromatic carbocycles. The summed E-state index contributed by atoms with van der Waals surface area (Å²) < 4.78 is 6.09. The first kappa shape index (κ1) is 25.1. The molecule has 150 valence electrons. The number of nitrogens with zero attached hydrogens (tertiary/aromatic N) is 1. The average Bonchev–Trinajstić information content (AvgIpc) is 2.57. The molecule has 0 atom stereocenters. The molecular formula is C22H38BrNO2. The quantitative estimate of drug-likeness (QED) is 0.197. The van der Waals surface area contributed by atoms with E-state index in [2.05, 4.69) is 21.0 Å². The van der Waals surface area contributed by atoms with Crippen molar-refractivity contribution in [2.75, 3.05) is 27.2 Å². The van der Waals surface area contributed by atoms with Gasteiger partial charge in [0.05, 0.1) is 20.6 Å². The first-order valence-electron chi connectivity index (χ1n) is 10.1. The van der Waals surface area contributed by atoms with Gasteiger partial charge in [-0.1, -0.05) is 76.5 Å². The molecule has 0 radical (unpaired) electrons. The zero-order valence-corrected chi connectivity index (χ0v) is 18.6. The third kappa shape index (κ3) is 13.3. The Hall–Kier alpha value is -0.870. The summed E-state index contributed by atoms with van der Waals surface area (Å²) in [6.45, 7) is 3.72. The number of hydrogen-bond donors (Lipinski definition) is 0. The largest absolute Gasteiger partial charge is 1.00 e. The van der Waals surface area contributed by atoms with E-state index in [4.69, 9.17) is 4.74 Å². The number of esters is 1. The molecule has 26 heavy (non-hydrogen) atoms. The second-order valence-electron chi connectivity index (χ2n) is 7.79. The molecule has 0 amide bonds. The monoisotopic (exact) mass is 427 g/mol. The van der Waals surface area contributed by atoms with E-state index in [1.807, 2.05) is 30.3 Å². The number of rotatable bonds is 14. The van der Waals surface area contributed by atoms with Crippen LogP contribution in [0.2, 0.25) is 0 Å². The summed E-state index contributed by atoms with van der Waals surface area (Å²) in [6, 6.07) is 9.32. The fourth-order valence-electron chi connectivity index (χ4n) is 3.11. The summed E-state index contributed by atoms with van der Waals surface area (Å²) in [7, 11) is 4.22. The summed E-state index contributed by atoms with van der Waals surface area (Å²) in [5, 5.41) is 0. The highest BCUT2D eigenvalue weighted by molar-refractivity contribution is 5.73. The molecule has 0 bridgehead atoms. The zero-order chi connectivity index (χ0) is 18.4. The maximum Gasteiger partial charge on any atom is 0.367 e. The Bertz CT molecular complexity index is 462. The first-order valence-corrected chi connectivity index (χ1v) is 10.1. The van der Waals surface area contributed by atoms with Gasteiger partial charge in [-0.3, -0.25) is 0 Å². The van der Waals surface area contributed by atoms with Gasteiger partial charge in [0.2, 0.25) is 0 Å². The third-order valence-corrected chi connectivity index (χ3v) is 4.65. The maximum absolute atomic E-state index is 12.1. The lowest BCUT2D eigenvalue weighted by molar-refractivity contribution is -0.883. The van der Waals surface area contributed by atoms with E-state index in [0.717, 1.165) is 6.54 Å². The number of carbonyl (C=O) groups excluding carboxylic acids is 1. The van der Waals surface area contributed by atoms with E-state index in [1.54, 1.807) is 0 Å². The predicted octanol–water partition coefficient (Wildman–Crippen LogP) is 2.59. The average molecular weight is 428 g/mol. The van der Waals surface area contributed by atoms with Crippen LogP contribution in [0.4, 0.5) is 0 Å². The Labute approximate surface area is 171 Å². The Morgan fingerprint density at radius 1 is 0.846 bits per heavy atom. The van der Waals surface area contributed by atoms with Gasteiger partial charge in [-0.15, -0.1) is 0 Å². The maximum atomic E-state index is 12.1. The second kappa shape index (κ2) is 15.2. The zero-order valence-electron chi connectivity index (χ0n) is 17.0.